The molecule has 4 atom stereocenters. The number of methoxy groups -OCH3 is 1. The minimum Gasteiger partial charge on any atom is -0.376 e. The Bertz CT molecular complexity index is 844. The van der Waals surface area contributed by atoms with Crippen molar-refractivity contribution < 1.29 is 18.9 Å². The van der Waals surface area contributed by atoms with Gasteiger partial charge in [-0.15, -0.1) is 0 Å². The molecule has 0 saturated carbocycles. The normalized spacial score (nSPS) is 15.7. The number of nitriles is 1. The molecule has 1 rings (SSSR count). The number of aliphatic hydroxyl groups is 1. The van der Waals surface area contributed by atoms with E-state index >= 15 is 0 Å². The number of aryl methyl sites for hydroxylation is 1. The van der Waals surface area contributed by atoms with Crippen LogP contribution in [0, 0.1) is 18.3 Å². The summed E-state index contributed by atoms with van der Waals surface area (Å²) >= 11 is 0. The van der Waals surface area contributed by atoms with E-state index in [-0.39, 0.29) is 31.7 Å². The number of H-pyrrole nitrogens is 1. The summed E-state index contributed by atoms with van der Waals surface area (Å²) in [7, 11) is -0.0574. The van der Waals surface area contributed by atoms with Gasteiger partial charge in [-0.3, -0.25) is 19.7 Å². The van der Waals surface area contributed by atoms with E-state index in [1.807, 2.05) is 33.8 Å². The second-order valence-electron chi connectivity index (χ2n) is 7.92. The molecule has 182 valence electrons. The van der Waals surface area contributed by atoms with Crippen LogP contribution >= 0.6 is 8.53 Å². The second-order valence-corrected chi connectivity index (χ2v) is 9.37. The monoisotopic (exact) mass is 473 g/mol. The molecule has 1 heterocycles. The number of nitrogens with zero attached hydrogens (tertiary/aromatic N) is 3. The van der Waals surface area contributed by atoms with Crippen molar-refractivity contribution in [2.24, 2.45) is 0 Å². The van der Waals surface area contributed by atoms with Gasteiger partial charge < -0.3 is 18.9 Å². The van der Waals surface area contributed by atoms with Gasteiger partial charge in [-0.2, -0.15) is 5.26 Å². The van der Waals surface area contributed by atoms with E-state index in [0.29, 0.717) is 5.56 Å². The Morgan fingerprint density at radius 2 is 1.88 bits per heavy atom. The standard InChI is InChI=1S/C20H36N5O6P/c1-13(2)25(14(3)4)32(30-10-8-9-21)31-12-17(26)22-16(6)19(29-7)24-11-15(5)18(27)23-20(24)28/h11,13-14,16-17,19,22,26H,8,10,12H2,1-7H3,(H,23,27,28)/t16-,17-,19+,32?/m0/s1. The Balaban J connectivity index is 2.85. The smallest absolute Gasteiger partial charge is 0.330 e. The summed E-state index contributed by atoms with van der Waals surface area (Å²) < 4.78 is 20.5. The Morgan fingerprint density at radius 3 is 2.41 bits per heavy atom. The van der Waals surface area contributed by atoms with Crippen molar-refractivity contribution in [1.29, 1.82) is 5.26 Å². The first-order valence-electron chi connectivity index (χ1n) is 10.5. The molecule has 0 aliphatic heterocycles. The number of nitrogens with one attached hydrogen (secondary N) is 2. The highest BCUT2D eigenvalue weighted by molar-refractivity contribution is 7.44. The van der Waals surface area contributed by atoms with Crippen LogP contribution in [0.4, 0.5) is 0 Å². The van der Waals surface area contributed by atoms with E-state index in [9.17, 15) is 14.7 Å². The van der Waals surface area contributed by atoms with E-state index in [4.69, 9.17) is 19.0 Å². The first kappa shape index (κ1) is 28.4. The Morgan fingerprint density at radius 1 is 1.25 bits per heavy atom. The molecule has 32 heavy (non-hydrogen) atoms. The maximum absolute atomic E-state index is 12.2. The van der Waals surface area contributed by atoms with Gasteiger partial charge in [0.05, 0.1) is 31.7 Å². The van der Waals surface area contributed by atoms with Crippen LogP contribution < -0.4 is 16.6 Å². The molecule has 0 aromatic carbocycles. The third-order valence-electron chi connectivity index (χ3n) is 4.55. The van der Waals surface area contributed by atoms with Gasteiger partial charge in [-0.05, 0) is 41.5 Å². The molecule has 0 bridgehead atoms. The van der Waals surface area contributed by atoms with Crippen molar-refractivity contribution in [3.8, 4) is 6.07 Å². The van der Waals surface area contributed by atoms with Gasteiger partial charge >= 0.3 is 5.69 Å². The highest BCUT2D eigenvalue weighted by atomic mass is 31.2. The zero-order valence-electron chi connectivity index (χ0n) is 19.9. The lowest BCUT2D eigenvalue weighted by molar-refractivity contribution is -0.0170. The SMILES string of the molecule is CO[C@H]([C@H](C)N[C@@H](O)COP(OCCC#N)N(C(C)C)C(C)C)n1cc(C)c(=O)[nH]c1=O. The molecule has 0 fully saturated rings. The third-order valence-corrected chi connectivity index (χ3v) is 6.62. The Hall–Kier alpha value is -1.64. The molecule has 0 spiro atoms. The predicted molar refractivity (Wildman–Crippen MR) is 122 cm³/mol. The zero-order chi connectivity index (χ0) is 24.4. The van der Waals surface area contributed by atoms with Crippen molar-refractivity contribution in [2.45, 2.75) is 78.5 Å². The minimum atomic E-state index is -1.49. The van der Waals surface area contributed by atoms with Gasteiger partial charge in [-0.25, -0.2) is 9.46 Å². The van der Waals surface area contributed by atoms with Crippen molar-refractivity contribution in [2.75, 3.05) is 20.3 Å². The van der Waals surface area contributed by atoms with E-state index in [2.05, 4.69) is 15.0 Å². The molecule has 0 aliphatic rings. The largest absolute Gasteiger partial charge is 0.376 e. The fourth-order valence-electron chi connectivity index (χ4n) is 3.22. The van der Waals surface area contributed by atoms with Crippen molar-refractivity contribution in [3.05, 3.63) is 32.6 Å². The number of aliphatic hydroxyl groups excluding tert-OH is 1. The summed E-state index contributed by atoms with van der Waals surface area (Å²) in [6, 6.07) is 1.82. The summed E-state index contributed by atoms with van der Waals surface area (Å²) in [5.74, 6) is 0. The van der Waals surface area contributed by atoms with E-state index in [1.54, 1.807) is 13.8 Å². The van der Waals surface area contributed by atoms with Gasteiger partial charge in [-0.1, -0.05) is 0 Å². The Labute approximate surface area is 190 Å². The summed E-state index contributed by atoms with van der Waals surface area (Å²) in [6.07, 6.45) is -0.189. The Kier molecular flexibility index (Phi) is 12.2. The van der Waals surface area contributed by atoms with E-state index in [1.165, 1.54) is 17.9 Å². The molecule has 12 heteroatoms. The van der Waals surface area contributed by atoms with Crippen molar-refractivity contribution in [1.82, 2.24) is 19.5 Å². The highest BCUT2D eigenvalue weighted by Crippen LogP contribution is 2.45. The molecule has 0 amide bonds. The number of ether oxygens (including phenoxy) is 1. The molecule has 1 unspecified atom stereocenters. The third kappa shape index (κ3) is 8.37. The fraction of sp³-hybridized carbons (Fsp3) is 0.750. The van der Waals surface area contributed by atoms with Crippen LogP contribution in [0.1, 0.15) is 52.8 Å². The van der Waals surface area contributed by atoms with Gasteiger partial charge in [0.15, 0.2) is 6.23 Å². The molecule has 1 aromatic rings. The molecule has 0 aliphatic carbocycles. The van der Waals surface area contributed by atoms with Gasteiger partial charge in [0.25, 0.3) is 14.1 Å². The molecule has 11 nitrogen and oxygen atoms in total. The summed E-state index contributed by atoms with van der Waals surface area (Å²) in [4.78, 5) is 26.1. The van der Waals surface area contributed by atoms with Crippen molar-refractivity contribution in [3.63, 3.8) is 0 Å². The summed E-state index contributed by atoms with van der Waals surface area (Å²) in [5.41, 5.74) is -0.698. The van der Waals surface area contributed by atoms with Crippen LogP contribution in [0.25, 0.3) is 0 Å². The second kappa shape index (κ2) is 13.8. The molecule has 0 saturated heterocycles. The molecular formula is C20H36N5O6P. The summed E-state index contributed by atoms with van der Waals surface area (Å²) in [5, 5.41) is 22.2. The minimum absolute atomic E-state index is 0.0749. The number of aromatic nitrogens is 2. The topological polar surface area (TPSA) is 142 Å². The molecule has 3 N–H and O–H groups in total. The average molecular weight is 474 g/mol. The van der Waals surface area contributed by atoms with E-state index < -0.39 is 38.3 Å². The molecular weight excluding hydrogens is 437 g/mol. The lowest BCUT2D eigenvalue weighted by Gasteiger charge is -2.36. The number of aromatic amines is 1. The lowest BCUT2D eigenvalue weighted by Crippen LogP contribution is -2.47. The van der Waals surface area contributed by atoms with Crippen LogP contribution in [0.15, 0.2) is 15.8 Å². The van der Waals surface area contributed by atoms with Gasteiger partial charge in [0, 0.05) is 31.0 Å². The van der Waals surface area contributed by atoms with Crippen LogP contribution in [-0.2, 0) is 13.8 Å². The number of hydrogen-bond donors (Lipinski definition) is 3. The zero-order valence-corrected chi connectivity index (χ0v) is 20.8. The van der Waals surface area contributed by atoms with Crippen LogP contribution in [0.2, 0.25) is 0 Å². The average Bonchev–Trinajstić information content (AvgIpc) is 2.69. The number of hydrogen-bond acceptors (Lipinski definition) is 9. The summed E-state index contributed by atoms with van der Waals surface area (Å²) in [6.45, 7) is 11.6. The first-order chi connectivity index (χ1) is 15.0. The van der Waals surface area contributed by atoms with E-state index in [0.717, 1.165) is 0 Å². The maximum Gasteiger partial charge on any atom is 0.330 e. The lowest BCUT2D eigenvalue weighted by atomic mass is 10.2. The first-order valence-corrected chi connectivity index (χ1v) is 11.7. The van der Waals surface area contributed by atoms with Crippen LogP contribution in [0.3, 0.4) is 0 Å². The predicted octanol–water partition coefficient (Wildman–Crippen LogP) is 1.58. The maximum atomic E-state index is 12.2. The highest BCUT2D eigenvalue weighted by Gasteiger charge is 2.29. The van der Waals surface area contributed by atoms with Crippen LogP contribution in [0.5, 0.6) is 0 Å². The fourth-order valence-corrected chi connectivity index (χ4v) is 4.83. The van der Waals surface area contributed by atoms with Crippen LogP contribution in [-0.4, -0.2) is 64.0 Å². The quantitative estimate of drug-likeness (QED) is 0.208. The van der Waals surface area contributed by atoms with Crippen molar-refractivity contribution >= 4 is 8.53 Å². The molecule has 0 radical (unpaired) electrons. The number of rotatable bonds is 14. The van der Waals surface area contributed by atoms with Gasteiger partial charge in [0.1, 0.15) is 6.23 Å². The van der Waals surface area contributed by atoms with Gasteiger partial charge in [0.2, 0.25) is 0 Å². The molecule has 1 aromatic heterocycles.